The third-order valence-electron chi connectivity index (χ3n) is 3.71. The van der Waals surface area contributed by atoms with E-state index < -0.39 is 0 Å². The van der Waals surface area contributed by atoms with E-state index in [0.29, 0.717) is 11.6 Å². The molecule has 4 heteroatoms. The fraction of sp³-hybridized carbons (Fsp3) is 0.312. The first kappa shape index (κ1) is 12.9. The van der Waals surface area contributed by atoms with Crippen LogP contribution in [0.25, 0.3) is 11.3 Å². The van der Waals surface area contributed by atoms with Crippen LogP contribution in [0.15, 0.2) is 41.2 Å². The zero-order valence-electron chi connectivity index (χ0n) is 11.5. The molecule has 1 fully saturated rings. The molecular weight excluding hydrogens is 252 g/mol. The molecule has 0 bridgehead atoms. The third-order valence-corrected chi connectivity index (χ3v) is 3.71. The molecule has 20 heavy (non-hydrogen) atoms. The quantitative estimate of drug-likeness (QED) is 0.927. The number of pyridine rings is 1. The molecule has 1 aliphatic rings. The molecule has 104 valence electrons. The van der Waals surface area contributed by atoms with E-state index >= 15 is 0 Å². The van der Waals surface area contributed by atoms with Crippen LogP contribution in [0.4, 0.5) is 0 Å². The van der Waals surface area contributed by atoms with Gasteiger partial charge in [0.05, 0.1) is 12.8 Å². The molecule has 0 unspecified atom stereocenters. The van der Waals surface area contributed by atoms with Crippen LogP contribution in [-0.2, 0) is 6.54 Å². The highest BCUT2D eigenvalue weighted by Crippen LogP contribution is 2.37. The van der Waals surface area contributed by atoms with Crippen LogP contribution < -0.4 is 16.0 Å². The molecule has 1 aromatic carbocycles. The summed E-state index contributed by atoms with van der Waals surface area (Å²) < 4.78 is 7.06. The Morgan fingerprint density at radius 3 is 2.45 bits per heavy atom. The molecular formula is C16H18N2O2. The molecule has 0 radical (unpaired) electrons. The molecule has 1 heterocycles. The van der Waals surface area contributed by atoms with Crippen LogP contribution in [-0.4, -0.2) is 11.7 Å². The second kappa shape index (κ2) is 5.13. The summed E-state index contributed by atoms with van der Waals surface area (Å²) in [5.74, 6) is 0.813. The number of hydrogen-bond acceptors (Lipinski definition) is 3. The summed E-state index contributed by atoms with van der Waals surface area (Å²) in [7, 11) is 1.64. The molecule has 2 aromatic rings. The van der Waals surface area contributed by atoms with Crippen molar-refractivity contribution in [2.24, 2.45) is 5.73 Å². The van der Waals surface area contributed by atoms with Gasteiger partial charge in [0.25, 0.3) is 5.56 Å². The lowest BCUT2D eigenvalue weighted by Gasteiger charge is -2.14. The maximum Gasteiger partial charge on any atom is 0.255 e. The Morgan fingerprint density at radius 2 is 1.90 bits per heavy atom. The number of hydrogen-bond donors (Lipinski definition) is 1. The Morgan fingerprint density at radius 1 is 1.20 bits per heavy atom. The first-order valence-corrected chi connectivity index (χ1v) is 6.83. The van der Waals surface area contributed by atoms with E-state index in [0.717, 1.165) is 29.8 Å². The summed E-state index contributed by atoms with van der Waals surface area (Å²) in [6.45, 7) is 0.286. The second-order valence-electron chi connectivity index (χ2n) is 5.08. The zero-order valence-corrected chi connectivity index (χ0v) is 11.5. The lowest BCUT2D eigenvalue weighted by molar-refractivity contribution is 0.415. The Bertz CT molecular complexity index is 670. The van der Waals surface area contributed by atoms with Gasteiger partial charge in [0, 0.05) is 18.2 Å². The summed E-state index contributed by atoms with van der Waals surface area (Å²) in [5.41, 5.74) is 8.34. The van der Waals surface area contributed by atoms with E-state index in [2.05, 4.69) is 0 Å². The smallest absolute Gasteiger partial charge is 0.255 e. The monoisotopic (exact) mass is 270 g/mol. The van der Waals surface area contributed by atoms with Gasteiger partial charge >= 0.3 is 0 Å². The maximum absolute atomic E-state index is 12.5. The topological polar surface area (TPSA) is 57.2 Å². The Hall–Kier alpha value is -2.07. The largest absolute Gasteiger partial charge is 0.497 e. The number of methoxy groups -OCH3 is 1. The van der Waals surface area contributed by atoms with Crippen molar-refractivity contribution in [3.05, 3.63) is 52.3 Å². The lowest BCUT2D eigenvalue weighted by atomic mass is 10.1. The van der Waals surface area contributed by atoms with Gasteiger partial charge in [-0.15, -0.1) is 0 Å². The fourth-order valence-electron chi connectivity index (χ4n) is 2.44. The van der Waals surface area contributed by atoms with Crippen LogP contribution in [0.3, 0.4) is 0 Å². The van der Waals surface area contributed by atoms with E-state index in [9.17, 15) is 4.79 Å². The van der Waals surface area contributed by atoms with Crippen molar-refractivity contribution in [1.29, 1.82) is 0 Å². The van der Waals surface area contributed by atoms with E-state index in [1.807, 2.05) is 41.0 Å². The maximum atomic E-state index is 12.5. The van der Waals surface area contributed by atoms with Gasteiger partial charge in [-0.2, -0.15) is 0 Å². The van der Waals surface area contributed by atoms with Crippen molar-refractivity contribution in [3.63, 3.8) is 0 Å². The number of benzene rings is 1. The van der Waals surface area contributed by atoms with E-state index in [4.69, 9.17) is 10.5 Å². The standard InChI is InChI=1S/C16H18N2O2/c1-20-14-7-2-11(3-8-14)15-9-4-12(10-17)16(19)18(15)13-5-6-13/h2-4,7-9,13H,5-6,10,17H2,1H3. The van der Waals surface area contributed by atoms with Crippen molar-refractivity contribution in [1.82, 2.24) is 4.57 Å². The molecule has 0 amide bonds. The van der Waals surface area contributed by atoms with Crippen molar-refractivity contribution in [2.45, 2.75) is 25.4 Å². The van der Waals surface area contributed by atoms with Gasteiger partial charge in [-0.3, -0.25) is 4.79 Å². The molecule has 0 saturated heterocycles. The van der Waals surface area contributed by atoms with Gasteiger partial charge in [0.1, 0.15) is 5.75 Å². The van der Waals surface area contributed by atoms with Gasteiger partial charge in [-0.05, 0) is 48.7 Å². The highest BCUT2D eigenvalue weighted by molar-refractivity contribution is 5.61. The van der Waals surface area contributed by atoms with Crippen LogP contribution >= 0.6 is 0 Å². The SMILES string of the molecule is COc1ccc(-c2ccc(CN)c(=O)n2C2CC2)cc1. The first-order valence-electron chi connectivity index (χ1n) is 6.83. The number of rotatable bonds is 4. The van der Waals surface area contributed by atoms with Gasteiger partial charge < -0.3 is 15.0 Å². The average molecular weight is 270 g/mol. The van der Waals surface area contributed by atoms with Gasteiger partial charge in [-0.1, -0.05) is 6.07 Å². The molecule has 3 rings (SSSR count). The zero-order chi connectivity index (χ0) is 14.1. The lowest BCUT2D eigenvalue weighted by Crippen LogP contribution is -2.25. The summed E-state index contributed by atoms with van der Waals surface area (Å²) in [6.07, 6.45) is 2.13. The summed E-state index contributed by atoms with van der Waals surface area (Å²) >= 11 is 0. The highest BCUT2D eigenvalue weighted by atomic mass is 16.5. The van der Waals surface area contributed by atoms with E-state index in [1.54, 1.807) is 7.11 Å². The predicted molar refractivity (Wildman–Crippen MR) is 78.9 cm³/mol. The predicted octanol–water partition coefficient (Wildman–Crippen LogP) is 2.32. The van der Waals surface area contributed by atoms with Crippen LogP contribution in [0.1, 0.15) is 24.4 Å². The van der Waals surface area contributed by atoms with E-state index in [-0.39, 0.29) is 12.1 Å². The minimum atomic E-state index is 0.0447. The number of nitrogens with two attached hydrogens (primary N) is 1. The van der Waals surface area contributed by atoms with Crippen molar-refractivity contribution >= 4 is 0 Å². The molecule has 4 nitrogen and oxygen atoms in total. The van der Waals surface area contributed by atoms with Crippen molar-refractivity contribution in [3.8, 4) is 17.0 Å². The number of nitrogens with zero attached hydrogens (tertiary/aromatic N) is 1. The molecule has 2 N–H and O–H groups in total. The Balaban J connectivity index is 2.12. The van der Waals surface area contributed by atoms with Gasteiger partial charge in [0.15, 0.2) is 0 Å². The van der Waals surface area contributed by atoms with Crippen molar-refractivity contribution in [2.75, 3.05) is 7.11 Å². The summed E-state index contributed by atoms with van der Waals surface area (Å²) in [5, 5.41) is 0. The molecule has 1 saturated carbocycles. The number of ether oxygens (including phenoxy) is 1. The molecule has 1 aliphatic carbocycles. The van der Waals surface area contributed by atoms with Gasteiger partial charge in [0.2, 0.25) is 0 Å². The van der Waals surface area contributed by atoms with Crippen LogP contribution in [0.2, 0.25) is 0 Å². The second-order valence-corrected chi connectivity index (χ2v) is 5.08. The Kier molecular flexibility index (Phi) is 3.32. The number of aromatic nitrogens is 1. The first-order chi connectivity index (χ1) is 9.74. The van der Waals surface area contributed by atoms with Crippen LogP contribution in [0, 0.1) is 0 Å². The molecule has 0 atom stereocenters. The highest BCUT2D eigenvalue weighted by Gasteiger charge is 2.27. The molecule has 0 spiro atoms. The van der Waals surface area contributed by atoms with E-state index in [1.165, 1.54) is 0 Å². The minimum Gasteiger partial charge on any atom is -0.497 e. The summed E-state index contributed by atoms with van der Waals surface area (Å²) in [6, 6.07) is 11.9. The Labute approximate surface area is 117 Å². The average Bonchev–Trinajstić information content (AvgIpc) is 3.31. The van der Waals surface area contributed by atoms with Crippen LogP contribution in [0.5, 0.6) is 5.75 Å². The fourth-order valence-corrected chi connectivity index (χ4v) is 2.44. The molecule has 0 aliphatic heterocycles. The molecule has 1 aromatic heterocycles. The van der Waals surface area contributed by atoms with Crippen molar-refractivity contribution < 1.29 is 4.74 Å². The summed E-state index contributed by atoms with van der Waals surface area (Å²) in [4.78, 5) is 12.5. The normalized spacial score (nSPS) is 14.3. The third kappa shape index (κ3) is 2.23. The minimum absolute atomic E-state index is 0.0447. The van der Waals surface area contributed by atoms with Gasteiger partial charge in [-0.25, -0.2) is 0 Å².